The Morgan fingerprint density at radius 1 is 1.03 bits per heavy atom. The molecule has 33 heavy (non-hydrogen) atoms. The van der Waals surface area contributed by atoms with Gasteiger partial charge in [-0.1, -0.05) is 55.5 Å². The van der Waals surface area contributed by atoms with Gasteiger partial charge in [0.2, 0.25) is 5.91 Å². The first-order valence-corrected chi connectivity index (χ1v) is 11.6. The minimum Gasteiger partial charge on any atom is -0.481 e. The van der Waals surface area contributed by atoms with Crippen LogP contribution in [-0.4, -0.2) is 42.3 Å². The van der Waals surface area contributed by atoms with Gasteiger partial charge in [0.05, 0.1) is 5.92 Å². The summed E-state index contributed by atoms with van der Waals surface area (Å²) in [6, 6.07) is 16.4. The number of carboxylic acid groups (broad SMARTS) is 1. The number of rotatable bonds is 9. The van der Waals surface area contributed by atoms with Crippen LogP contribution in [0.4, 0.5) is 4.79 Å². The van der Waals surface area contributed by atoms with Crippen molar-refractivity contribution in [2.75, 3.05) is 13.2 Å². The van der Waals surface area contributed by atoms with Crippen molar-refractivity contribution < 1.29 is 24.2 Å². The van der Waals surface area contributed by atoms with E-state index in [0.29, 0.717) is 32.2 Å². The van der Waals surface area contributed by atoms with Gasteiger partial charge in [-0.15, -0.1) is 0 Å². The van der Waals surface area contributed by atoms with Crippen LogP contribution in [0.1, 0.15) is 49.7 Å². The van der Waals surface area contributed by atoms with E-state index in [0.717, 1.165) is 0 Å². The molecule has 174 valence electrons. The van der Waals surface area contributed by atoms with Crippen molar-refractivity contribution in [1.82, 2.24) is 10.6 Å². The molecule has 4 rings (SSSR count). The van der Waals surface area contributed by atoms with Gasteiger partial charge >= 0.3 is 12.1 Å². The summed E-state index contributed by atoms with van der Waals surface area (Å²) in [6.07, 6.45) is 1.82. The SMILES string of the molecule is CC(CCCNC(=O)OCC1c2ccccc2-c2ccccc21)C(=O)NC1CC(C(=O)O)C1. The number of amides is 2. The number of nitrogens with one attached hydrogen (secondary N) is 2. The van der Waals surface area contributed by atoms with E-state index < -0.39 is 12.1 Å². The maximum Gasteiger partial charge on any atom is 0.407 e. The van der Waals surface area contributed by atoms with E-state index in [2.05, 4.69) is 34.9 Å². The van der Waals surface area contributed by atoms with Gasteiger partial charge in [-0.25, -0.2) is 4.79 Å². The Labute approximate surface area is 193 Å². The van der Waals surface area contributed by atoms with Crippen LogP contribution in [0.25, 0.3) is 11.1 Å². The summed E-state index contributed by atoms with van der Waals surface area (Å²) in [6.45, 7) is 2.55. The fourth-order valence-corrected chi connectivity index (χ4v) is 4.66. The van der Waals surface area contributed by atoms with Crippen LogP contribution >= 0.6 is 0 Å². The normalized spacial score (nSPS) is 19.5. The Morgan fingerprint density at radius 3 is 2.24 bits per heavy atom. The van der Waals surface area contributed by atoms with E-state index in [1.165, 1.54) is 22.3 Å². The van der Waals surface area contributed by atoms with Crippen molar-refractivity contribution in [3.8, 4) is 11.1 Å². The average molecular weight is 451 g/mol. The predicted molar refractivity (Wildman–Crippen MR) is 124 cm³/mol. The number of ether oxygens (including phenoxy) is 1. The predicted octanol–water partition coefficient (Wildman–Crippen LogP) is 3.92. The molecule has 0 saturated heterocycles. The number of fused-ring (bicyclic) bond motifs is 3. The molecule has 1 atom stereocenters. The molecular formula is C26H30N2O5. The summed E-state index contributed by atoms with van der Waals surface area (Å²) in [4.78, 5) is 35.3. The first-order valence-electron chi connectivity index (χ1n) is 11.6. The van der Waals surface area contributed by atoms with E-state index in [1.54, 1.807) is 0 Å². The number of hydrogen-bond acceptors (Lipinski definition) is 4. The van der Waals surface area contributed by atoms with Gasteiger partial charge in [0.15, 0.2) is 0 Å². The summed E-state index contributed by atoms with van der Waals surface area (Å²) in [5.41, 5.74) is 4.73. The molecular weight excluding hydrogens is 420 g/mol. The van der Waals surface area contributed by atoms with E-state index in [9.17, 15) is 14.4 Å². The zero-order chi connectivity index (χ0) is 23.4. The van der Waals surface area contributed by atoms with Gasteiger partial charge < -0.3 is 20.5 Å². The third-order valence-corrected chi connectivity index (χ3v) is 6.71. The first-order chi connectivity index (χ1) is 15.9. The minimum absolute atomic E-state index is 0.0269. The summed E-state index contributed by atoms with van der Waals surface area (Å²) in [7, 11) is 0. The summed E-state index contributed by atoms with van der Waals surface area (Å²) in [5, 5.41) is 14.6. The van der Waals surface area contributed by atoms with Gasteiger partial charge in [0.25, 0.3) is 0 Å². The smallest absolute Gasteiger partial charge is 0.407 e. The zero-order valence-corrected chi connectivity index (χ0v) is 18.8. The highest BCUT2D eigenvalue weighted by Gasteiger charge is 2.35. The standard InChI is InChI=1S/C26H30N2O5/c1-16(24(29)28-18-13-17(14-18)25(30)31)7-6-12-27-26(32)33-15-23-21-10-4-2-8-19(21)20-9-3-5-11-22(20)23/h2-5,8-11,16-18,23H,6-7,12-15H2,1H3,(H,27,32)(H,28,29)(H,30,31). The second-order valence-corrected chi connectivity index (χ2v) is 9.01. The Morgan fingerprint density at radius 2 is 1.64 bits per heavy atom. The molecule has 2 amide bonds. The third kappa shape index (κ3) is 5.18. The van der Waals surface area contributed by atoms with Gasteiger partial charge in [0.1, 0.15) is 6.61 Å². The maximum atomic E-state index is 12.2. The van der Waals surface area contributed by atoms with Gasteiger partial charge in [-0.3, -0.25) is 9.59 Å². The monoisotopic (exact) mass is 450 g/mol. The zero-order valence-electron chi connectivity index (χ0n) is 18.8. The molecule has 2 aliphatic rings. The fraction of sp³-hybridized carbons (Fsp3) is 0.423. The van der Waals surface area contributed by atoms with Crippen LogP contribution in [0.3, 0.4) is 0 Å². The Hall–Kier alpha value is -3.35. The molecule has 2 aromatic rings. The third-order valence-electron chi connectivity index (χ3n) is 6.71. The average Bonchev–Trinajstić information content (AvgIpc) is 3.10. The maximum absolute atomic E-state index is 12.2. The Balaban J connectivity index is 1.16. The number of carboxylic acids is 1. The van der Waals surface area contributed by atoms with Gasteiger partial charge in [-0.2, -0.15) is 0 Å². The molecule has 2 aromatic carbocycles. The fourth-order valence-electron chi connectivity index (χ4n) is 4.66. The lowest BCUT2D eigenvalue weighted by Crippen LogP contribution is -2.48. The lowest BCUT2D eigenvalue weighted by atomic mass is 9.80. The number of carbonyl (C=O) groups excluding carboxylic acids is 2. The molecule has 2 aliphatic carbocycles. The second kappa shape index (κ2) is 10.1. The van der Waals surface area contributed by atoms with Crippen molar-refractivity contribution in [1.29, 1.82) is 0 Å². The first kappa shape index (κ1) is 22.8. The van der Waals surface area contributed by atoms with Crippen LogP contribution < -0.4 is 10.6 Å². The molecule has 7 heteroatoms. The van der Waals surface area contributed by atoms with Crippen molar-refractivity contribution >= 4 is 18.0 Å². The van der Waals surface area contributed by atoms with Crippen molar-refractivity contribution in [2.45, 2.75) is 44.6 Å². The Bertz CT molecular complexity index is 985. The second-order valence-electron chi connectivity index (χ2n) is 9.01. The summed E-state index contributed by atoms with van der Waals surface area (Å²) >= 11 is 0. The molecule has 1 fully saturated rings. The molecule has 0 radical (unpaired) electrons. The van der Waals surface area contributed by atoms with Gasteiger partial charge in [0, 0.05) is 24.4 Å². The number of aliphatic carboxylic acids is 1. The highest BCUT2D eigenvalue weighted by molar-refractivity contribution is 5.80. The van der Waals surface area contributed by atoms with Crippen LogP contribution in [0.2, 0.25) is 0 Å². The molecule has 0 heterocycles. The molecule has 0 aliphatic heterocycles. The summed E-state index contributed by atoms with van der Waals surface area (Å²) in [5.74, 6) is -1.37. The van der Waals surface area contributed by atoms with Crippen molar-refractivity contribution in [2.24, 2.45) is 11.8 Å². The highest BCUT2D eigenvalue weighted by Crippen LogP contribution is 2.44. The molecule has 0 spiro atoms. The van der Waals surface area contributed by atoms with E-state index in [4.69, 9.17) is 9.84 Å². The molecule has 0 aromatic heterocycles. The molecule has 1 saturated carbocycles. The van der Waals surface area contributed by atoms with Gasteiger partial charge in [-0.05, 0) is 47.9 Å². The lowest BCUT2D eigenvalue weighted by Gasteiger charge is -2.33. The largest absolute Gasteiger partial charge is 0.481 e. The van der Waals surface area contributed by atoms with Crippen molar-refractivity contribution in [3.63, 3.8) is 0 Å². The van der Waals surface area contributed by atoms with E-state index in [-0.39, 0.29) is 36.3 Å². The van der Waals surface area contributed by atoms with Crippen LogP contribution in [0.15, 0.2) is 48.5 Å². The quantitative estimate of drug-likeness (QED) is 0.502. The molecule has 0 bridgehead atoms. The number of alkyl carbamates (subject to hydrolysis) is 1. The number of carbonyl (C=O) groups is 3. The van der Waals surface area contributed by atoms with Crippen LogP contribution in [0.5, 0.6) is 0 Å². The number of hydrogen-bond donors (Lipinski definition) is 3. The minimum atomic E-state index is -0.798. The molecule has 7 nitrogen and oxygen atoms in total. The molecule has 3 N–H and O–H groups in total. The van der Waals surface area contributed by atoms with E-state index in [1.807, 2.05) is 31.2 Å². The van der Waals surface area contributed by atoms with Crippen molar-refractivity contribution in [3.05, 3.63) is 59.7 Å². The van der Waals surface area contributed by atoms with E-state index >= 15 is 0 Å². The summed E-state index contributed by atoms with van der Waals surface area (Å²) < 4.78 is 5.52. The van der Waals surface area contributed by atoms with Crippen LogP contribution in [0, 0.1) is 11.8 Å². The van der Waals surface area contributed by atoms with Crippen LogP contribution in [-0.2, 0) is 14.3 Å². The molecule has 1 unspecified atom stereocenters. The lowest BCUT2D eigenvalue weighted by molar-refractivity contribution is -0.146. The topological polar surface area (TPSA) is 105 Å². The number of benzene rings is 2. The highest BCUT2D eigenvalue weighted by atomic mass is 16.5. The Kier molecular flexibility index (Phi) is 6.96.